The van der Waals surface area contributed by atoms with Crippen LogP contribution < -0.4 is 15.4 Å². The molecule has 2 aromatic carbocycles. The Balaban J connectivity index is 1.60. The number of hydrogen-bond donors (Lipinski definition) is 2. The van der Waals surface area contributed by atoms with Gasteiger partial charge < -0.3 is 15.4 Å². The first kappa shape index (κ1) is 19.0. The van der Waals surface area contributed by atoms with Crippen LogP contribution in [0.4, 0.5) is 14.9 Å². The minimum absolute atomic E-state index is 0.184. The highest BCUT2D eigenvalue weighted by Crippen LogP contribution is 2.29. The number of amides is 3. The van der Waals surface area contributed by atoms with E-state index >= 15 is 0 Å². The lowest BCUT2D eigenvalue weighted by atomic mass is 10.2. The Hall–Kier alpha value is -2.80. The molecule has 1 fully saturated rings. The van der Waals surface area contributed by atoms with Gasteiger partial charge in [0.25, 0.3) is 5.91 Å². The molecule has 27 heavy (non-hydrogen) atoms. The summed E-state index contributed by atoms with van der Waals surface area (Å²) < 4.78 is 18.8. The van der Waals surface area contributed by atoms with Crippen LogP contribution in [0.3, 0.4) is 0 Å². The number of imide groups is 1. The lowest BCUT2D eigenvalue weighted by molar-refractivity contribution is -0.128. The third kappa shape index (κ3) is 4.68. The summed E-state index contributed by atoms with van der Waals surface area (Å²) in [5.74, 6) is -0.191. The number of carbonyl (C=O) groups is 2. The standard InChI is InChI=1S/C19H19ClFN3O3/c1-12(18(25)24-8-7-22-19(24)26)23-15-5-6-17(16(20)10-15)27-11-13-3-2-4-14(21)9-13/h2-6,9-10,12,23H,7-8,11H2,1H3,(H,22,26). The molecular weight excluding hydrogens is 373 g/mol. The normalized spacial score (nSPS) is 14.6. The van der Waals surface area contributed by atoms with E-state index in [-0.39, 0.29) is 24.4 Å². The zero-order valence-corrected chi connectivity index (χ0v) is 15.4. The summed E-state index contributed by atoms with van der Waals surface area (Å²) in [7, 11) is 0. The summed E-state index contributed by atoms with van der Waals surface area (Å²) in [4.78, 5) is 25.1. The molecule has 0 radical (unpaired) electrons. The van der Waals surface area contributed by atoms with Gasteiger partial charge in [-0.15, -0.1) is 0 Å². The second kappa shape index (κ2) is 8.26. The molecule has 1 atom stereocenters. The number of carbonyl (C=O) groups excluding carboxylic acids is 2. The van der Waals surface area contributed by atoms with Crippen molar-refractivity contribution >= 4 is 29.2 Å². The van der Waals surface area contributed by atoms with E-state index < -0.39 is 6.04 Å². The number of hydrogen-bond acceptors (Lipinski definition) is 4. The molecule has 1 heterocycles. The van der Waals surface area contributed by atoms with Crippen LogP contribution in [0.1, 0.15) is 12.5 Å². The van der Waals surface area contributed by atoms with E-state index in [0.717, 1.165) is 0 Å². The van der Waals surface area contributed by atoms with E-state index in [1.807, 2.05) is 0 Å². The molecule has 1 aliphatic heterocycles. The van der Waals surface area contributed by atoms with Crippen molar-refractivity contribution in [1.82, 2.24) is 10.2 Å². The van der Waals surface area contributed by atoms with Crippen LogP contribution in [0.5, 0.6) is 5.75 Å². The first-order valence-electron chi connectivity index (χ1n) is 8.46. The van der Waals surface area contributed by atoms with E-state index in [4.69, 9.17) is 16.3 Å². The van der Waals surface area contributed by atoms with Crippen LogP contribution in [0, 0.1) is 5.82 Å². The molecule has 0 saturated carbocycles. The quantitative estimate of drug-likeness (QED) is 0.791. The highest BCUT2D eigenvalue weighted by Gasteiger charge is 2.29. The maximum Gasteiger partial charge on any atom is 0.324 e. The summed E-state index contributed by atoms with van der Waals surface area (Å²) in [6, 6.07) is 10.2. The highest BCUT2D eigenvalue weighted by molar-refractivity contribution is 6.32. The number of halogens is 2. The molecule has 3 amide bonds. The average molecular weight is 392 g/mol. The first-order chi connectivity index (χ1) is 12.9. The van der Waals surface area contributed by atoms with Gasteiger partial charge in [0.1, 0.15) is 24.2 Å². The molecule has 0 aliphatic carbocycles. The van der Waals surface area contributed by atoms with Crippen LogP contribution in [-0.4, -0.2) is 36.0 Å². The van der Waals surface area contributed by atoms with Gasteiger partial charge in [-0.3, -0.25) is 9.69 Å². The van der Waals surface area contributed by atoms with Gasteiger partial charge in [-0.25, -0.2) is 9.18 Å². The summed E-state index contributed by atoms with van der Waals surface area (Å²) in [5, 5.41) is 5.98. The monoisotopic (exact) mass is 391 g/mol. The van der Waals surface area contributed by atoms with Gasteiger partial charge in [0.2, 0.25) is 0 Å². The Morgan fingerprint density at radius 3 is 2.85 bits per heavy atom. The molecule has 0 bridgehead atoms. The molecule has 142 valence electrons. The predicted octanol–water partition coefficient (Wildman–Crippen LogP) is 3.41. The molecule has 2 N–H and O–H groups in total. The third-order valence-electron chi connectivity index (χ3n) is 4.09. The molecule has 0 spiro atoms. The Labute approximate surface area is 161 Å². The molecule has 1 aliphatic rings. The third-order valence-corrected chi connectivity index (χ3v) is 4.39. The molecular formula is C19H19ClFN3O3. The van der Waals surface area contributed by atoms with Gasteiger partial charge in [0.15, 0.2) is 0 Å². The maximum atomic E-state index is 13.2. The lowest BCUT2D eigenvalue weighted by Gasteiger charge is -2.20. The van der Waals surface area contributed by atoms with Gasteiger partial charge in [-0.05, 0) is 42.8 Å². The molecule has 2 aromatic rings. The Kier molecular flexibility index (Phi) is 5.81. The number of nitrogens with one attached hydrogen (secondary N) is 2. The van der Waals surface area contributed by atoms with E-state index in [0.29, 0.717) is 35.1 Å². The summed E-state index contributed by atoms with van der Waals surface area (Å²) in [5.41, 5.74) is 1.31. The summed E-state index contributed by atoms with van der Waals surface area (Å²) in [6.45, 7) is 2.68. The summed E-state index contributed by atoms with van der Waals surface area (Å²) in [6.07, 6.45) is 0. The van der Waals surface area contributed by atoms with E-state index in [2.05, 4.69) is 10.6 Å². The second-order valence-electron chi connectivity index (χ2n) is 6.15. The zero-order chi connectivity index (χ0) is 19.4. The number of ether oxygens (including phenoxy) is 1. The number of benzene rings is 2. The average Bonchev–Trinajstić information content (AvgIpc) is 3.06. The van der Waals surface area contributed by atoms with Gasteiger partial charge in [0.05, 0.1) is 5.02 Å². The summed E-state index contributed by atoms with van der Waals surface area (Å²) >= 11 is 6.24. The van der Waals surface area contributed by atoms with Crippen LogP contribution >= 0.6 is 11.6 Å². The van der Waals surface area contributed by atoms with E-state index in [9.17, 15) is 14.0 Å². The molecule has 0 aromatic heterocycles. The van der Waals surface area contributed by atoms with E-state index in [1.54, 1.807) is 37.3 Å². The smallest absolute Gasteiger partial charge is 0.324 e. The second-order valence-corrected chi connectivity index (χ2v) is 6.56. The fourth-order valence-corrected chi connectivity index (χ4v) is 2.96. The van der Waals surface area contributed by atoms with Crippen LogP contribution in [-0.2, 0) is 11.4 Å². The first-order valence-corrected chi connectivity index (χ1v) is 8.84. The van der Waals surface area contributed by atoms with E-state index in [1.165, 1.54) is 17.0 Å². The van der Waals surface area contributed by atoms with Gasteiger partial charge >= 0.3 is 6.03 Å². The minimum atomic E-state index is -0.594. The predicted molar refractivity (Wildman–Crippen MR) is 100 cm³/mol. The topological polar surface area (TPSA) is 70.7 Å². The Bertz CT molecular complexity index is 862. The lowest BCUT2D eigenvalue weighted by Crippen LogP contribution is -2.43. The molecule has 1 unspecified atom stereocenters. The largest absolute Gasteiger partial charge is 0.487 e. The molecule has 3 rings (SSSR count). The van der Waals surface area contributed by atoms with Gasteiger partial charge in [-0.1, -0.05) is 23.7 Å². The SMILES string of the molecule is CC(Nc1ccc(OCc2cccc(F)c2)c(Cl)c1)C(=O)N1CCNC1=O. The zero-order valence-electron chi connectivity index (χ0n) is 14.7. The Morgan fingerprint density at radius 2 is 2.19 bits per heavy atom. The molecule has 1 saturated heterocycles. The van der Waals surface area contributed by atoms with Gasteiger partial charge in [0, 0.05) is 18.8 Å². The molecule has 6 nitrogen and oxygen atoms in total. The number of nitrogens with zero attached hydrogens (tertiary/aromatic N) is 1. The highest BCUT2D eigenvalue weighted by atomic mass is 35.5. The van der Waals surface area contributed by atoms with Crippen molar-refractivity contribution in [1.29, 1.82) is 0 Å². The minimum Gasteiger partial charge on any atom is -0.487 e. The number of urea groups is 1. The molecule has 8 heteroatoms. The van der Waals surface area contributed by atoms with Crippen molar-refractivity contribution in [3.63, 3.8) is 0 Å². The van der Waals surface area contributed by atoms with Crippen molar-refractivity contribution < 1.29 is 18.7 Å². The van der Waals surface area contributed by atoms with Crippen molar-refractivity contribution in [3.8, 4) is 5.75 Å². The van der Waals surface area contributed by atoms with Crippen molar-refractivity contribution in [2.75, 3.05) is 18.4 Å². The maximum absolute atomic E-state index is 13.2. The fraction of sp³-hybridized carbons (Fsp3) is 0.263. The number of anilines is 1. The van der Waals surface area contributed by atoms with Gasteiger partial charge in [-0.2, -0.15) is 0 Å². The van der Waals surface area contributed by atoms with Crippen LogP contribution in [0.25, 0.3) is 0 Å². The van der Waals surface area contributed by atoms with Crippen molar-refractivity contribution in [3.05, 3.63) is 58.9 Å². The van der Waals surface area contributed by atoms with Crippen molar-refractivity contribution in [2.45, 2.75) is 19.6 Å². The number of rotatable bonds is 6. The van der Waals surface area contributed by atoms with Crippen LogP contribution in [0.15, 0.2) is 42.5 Å². The fourth-order valence-electron chi connectivity index (χ4n) is 2.72. The Morgan fingerprint density at radius 1 is 1.37 bits per heavy atom. The van der Waals surface area contributed by atoms with Crippen molar-refractivity contribution in [2.24, 2.45) is 0 Å². The van der Waals surface area contributed by atoms with Crippen LogP contribution in [0.2, 0.25) is 5.02 Å².